The molecule has 0 atom stereocenters. The van der Waals surface area contributed by atoms with Gasteiger partial charge in [0.15, 0.2) is 0 Å². The molecular formula is C22H23F2N5O3. The molecule has 1 heterocycles. The fourth-order valence-corrected chi connectivity index (χ4v) is 3.37. The summed E-state index contributed by atoms with van der Waals surface area (Å²) in [5.41, 5.74) is 6.80. The molecule has 0 unspecified atom stereocenters. The van der Waals surface area contributed by atoms with Crippen molar-refractivity contribution in [3.63, 3.8) is 0 Å². The van der Waals surface area contributed by atoms with Crippen LogP contribution in [-0.4, -0.2) is 39.5 Å². The fourth-order valence-electron chi connectivity index (χ4n) is 3.37. The molecule has 0 saturated carbocycles. The molecule has 0 radical (unpaired) electrons. The van der Waals surface area contributed by atoms with E-state index in [0.717, 1.165) is 31.0 Å². The molecule has 168 valence electrons. The minimum atomic E-state index is -0.889. The number of rotatable bonds is 9. The van der Waals surface area contributed by atoms with Crippen LogP contribution in [0.4, 0.5) is 20.2 Å². The average molecular weight is 443 g/mol. The van der Waals surface area contributed by atoms with Crippen LogP contribution in [0, 0.1) is 21.7 Å². The van der Waals surface area contributed by atoms with E-state index in [0.29, 0.717) is 30.3 Å². The third kappa shape index (κ3) is 5.45. The highest BCUT2D eigenvalue weighted by Gasteiger charge is 2.23. The number of unbranched alkanes of at least 4 members (excludes halogenated alkanes) is 2. The number of aromatic amines is 1. The van der Waals surface area contributed by atoms with Crippen LogP contribution in [0.2, 0.25) is 0 Å². The van der Waals surface area contributed by atoms with Crippen molar-refractivity contribution in [3.05, 3.63) is 75.5 Å². The number of nitrogen functional groups attached to an aromatic ring is 1. The molecule has 3 rings (SSSR count). The van der Waals surface area contributed by atoms with E-state index in [9.17, 15) is 23.7 Å². The number of nitro groups is 1. The number of nitro benzene ring substituents is 1. The number of hydrogen-bond acceptors (Lipinski definition) is 5. The maximum absolute atomic E-state index is 13.7. The van der Waals surface area contributed by atoms with E-state index < -0.39 is 22.3 Å². The first-order valence-corrected chi connectivity index (χ1v) is 10.1. The highest BCUT2D eigenvalue weighted by molar-refractivity contribution is 6.00. The number of carbonyl (C=O) groups is 1. The second-order valence-corrected chi connectivity index (χ2v) is 7.47. The molecule has 0 fully saturated rings. The van der Waals surface area contributed by atoms with Crippen LogP contribution in [0.25, 0.3) is 11.3 Å². The number of carbonyl (C=O) groups excluding carboxylic acids is 1. The normalized spacial score (nSPS) is 10.8. The van der Waals surface area contributed by atoms with Crippen LogP contribution in [0.3, 0.4) is 0 Å². The number of hydrogen-bond donors (Lipinski definition) is 2. The molecule has 3 N–H and O–H groups in total. The Morgan fingerprint density at radius 3 is 2.66 bits per heavy atom. The van der Waals surface area contributed by atoms with E-state index in [2.05, 4.69) is 10.2 Å². The van der Waals surface area contributed by atoms with Crippen molar-refractivity contribution in [2.75, 3.05) is 19.3 Å². The zero-order chi connectivity index (χ0) is 23.3. The quantitative estimate of drug-likeness (QED) is 0.221. The number of nitrogens with zero attached hydrogens (tertiary/aromatic N) is 3. The molecule has 1 aromatic heterocycles. The van der Waals surface area contributed by atoms with Gasteiger partial charge in [-0.05, 0) is 43.5 Å². The van der Waals surface area contributed by atoms with Gasteiger partial charge in [0.2, 0.25) is 0 Å². The van der Waals surface area contributed by atoms with Crippen LogP contribution >= 0.6 is 0 Å². The van der Waals surface area contributed by atoms with Crippen molar-refractivity contribution in [1.82, 2.24) is 15.1 Å². The smallest absolute Gasteiger partial charge is 0.295 e. The van der Waals surface area contributed by atoms with Crippen molar-refractivity contribution in [2.45, 2.75) is 25.7 Å². The van der Waals surface area contributed by atoms with Gasteiger partial charge < -0.3 is 10.6 Å². The van der Waals surface area contributed by atoms with Gasteiger partial charge in [0.1, 0.15) is 17.3 Å². The maximum atomic E-state index is 13.7. The summed E-state index contributed by atoms with van der Waals surface area (Å²) in [5.74, 6) is -1.78. The molecule has 10 heteroatoms. The second-order valence-electron chi connectivity index (χ2n) is 7.47. The van der Waals surface area contributed by atoms with Crippen molar-refractivity contribution in [1.29, 1.82) is 0 Å². The van der Waals surface area contributed by atoms with Gasteiger partial charge in [0, 0.05) is 24.8 Å². The van der Waals surface area contributed by atoms with E-state index in [1.165, 1.54) is 17.0 Å². The molecule has 32 heavy (non-hydrogen) atoms. The van der Waals surface area contributed by atoms with Gasteiger partial charge in [-0.2, -0.15) is 5.10 Å². The van der Waals surface area contributed by atoms with Gasteiger partial charge in [-0.15, -0.1) is 0 Å². The summed E-state index contributed by atoms with van der Waals surface area (Å²) in [5, 5.41) is 18.1. The Bertz CT molecular complexity index is 1130. The van der Waals surface area contributed by atoms with E-state index in [1.54, 1.807) is 19.2 Å². The van der Waals surface area contributed by atoms with Gasteiger partial charge in [0.05, 0.1) is 22.2 Å². The summed E-state index contributed by atoms with van der Waals surface area (Å²) in [6, 6.07) is 9.71. The SMILES string of the molecule is CN(CCCCCc1cc(-c2cccc(F)c2)n[nH]1)C(=O)c1cc(F)cc([N+](=O)[O-])c1N. The lowest BCUT2D eigenvalue weighted by Gasteiger charge is -2.18. The minimum absolute atomic E-state index is 0.221. The summed E-state index contributed by atoms with van der Waals surface area (Å²) in [4.78, 5) is 24.1. The number of anilines is 1. The average Bonchev–Trinajstić information content (AvgIpc) is 3.23. The fraction of sp³-hybridized carbons (Fsp3) is 0.273. The molecule has 2 aromatic carbocycles. The highest BCUT2D eigenvalue weighted by Crippen LogP contribution is 2.27. The topological polar surface area (TPSA) is 118 Å². The molecular weight excluding hydrogens is 420 g/mol. The van der Waals surface area contributed by atoms with Crippen LogP contribution in [0.1, 0.15) is 35.3 Å². The van der Waals surface area contributed by atoms with Gasteiger partial charge >= 0.3 is 0 Å². The number of aromatic nitrogens is 2. The number of benzene rings is 2. The zero-order valence-corrected chi connectivity index (χ0v) is 17.5. The van der Waals surface area contributed by atoms with Gasteiger partial charge in [0.25, 0.3) is 11.6 Å². The summed E-state index contributed by atoms with van der Waals surface area (Å²) < 4.78 is 27.0. The Balaban J connectivity index is 1.48. The van der Waals surface area contributed by atoms with Crippen molar-refractivity contribution in [3.8, 4) is 11.3 Å². The molecule has 1 amide bonds. The Labute approximate surface area is 183 Å². The third-order valence-electron chi connectivity index (χ3n) is 5.09. The van der Waals surface area contributed by atoms with E-state index in [1.807, 2.05) is 6.07 Å². The van der Waals surface area contributed by atoms with Gasteiger partial charge in [-0.1, -0.05) is 18.6 Å². The first-order chi connectivity index (χ1) is 15.3. The van der Waals surface area contributed by atoms with E-state index in [4.69, 9.17) is 5.73 Å². The maximum Gasteiger partial charge on any atom is 0.295 e. The Hall–Kier alpha value is -3.82. The van der Waals surface area contributed by atoms with Crippen LogP contribution in [-0.2, 0) is 6.42 Å². The lowest BCUT2D eigenvalue weighted by atomic mass is 10.1. The molecule has 3 aromatic rings. The predicted octanol–water partition coefficient (Wildman–Crippen LogP) is 4.33. The van der Waals surface area contributed by atoms with E-state index >= 15 is 0 Å². The highest BCUT2D eigenvalue weighted by atomic mass is 19.1. The van der Waals surface area contributed by atoms with Crippen molar-refractivity contribution >= 4 is 17.3 Å². The monoisotopic (exact) mass is 443 g/mol. The number of aryl methyl sites for hydroxylation is 1. The lowest BCUT2D eigenvalue weighted by Crippen LogP contribution is -2.28. The number of nitrogens with one attached hydrogen (secondary N) is 1. The standard InChI is InChI=1S/C22H23F2N5O3/c1-28(22(30)18-11-16(24)12-20(21(18)25)29(31)32)9-4-2-3-8-17-13-19(27-26-17)14-6-5-7-15(23)10-14/h5-7,10-13H,2-4,8-9,25H2,1H3,(H,26,27). The molecule has 0 aliphatic carbocycles. The van der Waals surface area contributed by atoms with E-state index in [-0.39, 0.29) is 17.1 Å². The van der Waals surface area contributed by atoms with Crippen LogP contribution in [0.15, 0.2) is 42.5 Å². The Kier molecular flexibility index (Phi) is 7.14. The minimum Gasteiger partial charge on any atom is -0.393 e. The van der Waals surface area contributed by atoms with Crippen molar-refractivity contribution in [2.24, 2.45) is 0 Å². The van der Waals surface area contributed by atoms with Crippen LogP contribution in [0.5, 0.6) is 0 Å². The first kappa shape index (κ1) is 22.9. The Morgan fingerprint density at radius 2 is 1.94 bits per heavy atom. The summed E-state index contributed by atoms with van der Waals surface area (Å²) in [6.07, 6.45) is 3.07. The number of amides is 1. The molecule has 0 aliphatic rings. The first-order valence-electron chi connectivity index (χ1n) is 10.1. The Morgan fingerprint density at radius 1 is 1.16 bits per heavy atom. The molecule has 0 bridgehead atoms. The zero-order valence-electron chi connectivity index (χ0n) is 17.5. The lowest BCUT2D eigenvalue weighted by molar-refractivity contribution is -0.384. The second kappa shape index (κ2) is 9.99. The van der Waals surface area contributed by atoms with Crippen molar-refractivity contribution < 1.29 is 18.5 Å². The summed E-state index contributed by atoms with van der Waals surface area (Å²) in [6.45, 7) is 0.389. The van der Waals surface area contributed by atoms with Gasteiger partial charge in [-0.3, -0.25) is 20.0 Å². The summed E-state index contributed by atoms with van der Waals surface area (Å²) >= 11 is 0. The van der Waals surface area contributed by atoms with Gasteiger partial charge in [-0.25, -0.2) is 8.78 Å². The molecule has 0 saturated heterocycles. The molecule has 8 nitrogen and oxygen atoms in total. The number of H-pyrrole nitrogens is 1. The molecule has 0 aliphatic heterocycles. The number of halogens is 2. The number of nitrogens with two attached hydrogens (primary N) is 1. The predicted molar refractivity (Wildman–Crippen MR) is 116 cm³/mol. The summed E-state index contributed by atoms with van der Waals surface area (Å²) in [7, 11) is 1.54. The third-order valence-corrected chi connectivity index (χ3v) is 5.09. The molecule has 0 spiro atoms. The largest absolute Gasteiger partial charge is 0.393 e. The van der Waals surface area contributed by atoms with Crippen LogP contribution < -0.4 is 5.73 Å².